The maximum Gasteiger partial charge on any atom is 0.258 e. The van der Waals surface area contributed by atoms with E-state index in [1.807, 2.05) is 30.3 Å². The molecular weight excluding hydrogens is 354 g/mol. The van der Waals surface area contributed by atoms with Crippen molar-refractivity contribution in [3.8, 4) is 0 Å². The van der Waals surface area contributed by atoms with Gasteiger partial charge in [0.2, 0.25) is 0 Å². The highest BCUT2D eigenvalue weighted by atomic mass is 16.1. The molecule has 7 heteroatoms. The molecule has 1 N–H and O–H groups in total. The number of nitrogens with zero attached hydrogens (tertiary/aromatic N) is 4. The Morgan fingerprint density at radius 3 is 2.64 bits per heavy atom. The Hall–Kier alpha value is -3.32. The summed E-state index contributed by atoms with van der Waals surface area (Å²) in [6, 6.07) is 14.5. The van der Waals surface area contributed by atoms with Gasteiger partial charge in [-0.25, -0.2) is 9.97 Å². The monoisotopic (exact) mass is 375 g/mol. The van der Waals surface area contributed by atoms with Gasteiger partial charge in [0, 0.05) is 24.8 Å². The lowest BCUT2D eigenvalue weighted by Gasteiger charge is -2.25. The number of aromatic amines is 1. The van der Waals surface area contributed by atoms with Gasteiger partial charge in [-0.3, -0.25) is 18.9 Å². The normalized spacial score (nSPS) is 11.7. The summed E-state index contributed by atoms with van der Waals surface area (Å²) in [7, 11) is 0. The molecule has 0 spiro atoms. The number of hydrogen-bond acceptors (Lipinski definition) is 5. The number of benzene rings is 1. The summed E-state index contributed by atoms with van der Waals surface area (Å²) in [6.07, 6.45) is 1.71. The first-order valence-corrected chi connectivity index (χ1v) is 9.20. The van der Waals surface area contributed by atoms with Crippen LogP contribution in [0.5, 0.6) is 0 Å². The van der Waals surface area contributed by atoms with E-state index in [-0.39, 0.29) is 17.2 Å². The summed E-state index contributed by atoms with van der Waals surface area (Å²) in [4.78, 5) is 38.8. The van der Waals surface area contributed by atoms with Crippen molar-refractivity contribution in [2.45, 2.75) is 33.0 Å². The van der Waals surface area contributed by atoms with Gasteiger partial charge in [-0.15, -0.1) is 0 Å². The minimum Gasteiger partial charge on any atom is -0.309 e. The number of fused-ring (bicyclic) bond motifs is 2. The topological polar surface area (TPSA) is 83.4 Å². The predicted molar refractivity (Wildman–Crippen MR) is 108 cm³/mol. The summed E-state index contributed by atoms with van der Waals surface area (Å²) in [5.41, 5.74) is 1.72. The third-order valence-corrected chi connectivity index (χ3v) is 4.73. The molecule has 0 amide bonds. The van der Waals surface area contributed by atoms with Crippen LogP contribution in [0.4, 0.5) is 0 Å². The van der Waals surface area contributed by atoms with Crippen molar-refractivity contribution < 1.29 is 0 Å². The minimum absolute atomic E-state index is 0.110. The molecule has 0 radical (unpaired) electrons. The first-order valence-electron chi connectivity index (χ1n) is 9.20. The fourth-order valence-corrected chi connectivity index (χ4v) is 3.22. The molecule has 0 fully saturated rings. The molecule has 0 saturated carbocycles. The second-order valence-corrected chi connectivity index (χ2v) is 7.04. The Balaban J connectivity index is 1.65. The summed E-state index contributed by atoms with van der Waals surface area (Å²) in [5.74, 6) is 0.593. The molecule has 0 bridgehead atoms. The molecule has 4 aromatic rings. The molecule has 0 aliphatic rings. The van der Waals surface area contributed by atoms with Crippen molar-refractivity contribution in [1.82, 2.24) is 24.3 Å². The molecule has 0 unspecified atom stereocenters. The van der Waals surface area contributed by atoms with Crippen LogP contribution >= 0.6 is 0 Å². The van der Waals surface area contributed by atoms with E-state index in [9.17, 15) is 9.59 Å². The van der Waals surface area contributed by atoms with Gasteiger partial charge in [-0.1, -0.05) is 18.2 Å². The first kappa shape index (κ1) is 18.1. The van der Waals surface area contributed by atoms with Crippen molar-refractivity contribution in [2.75, 3.05) is 0 Å². The van der Waals surface area contributed by atoms with E-state index in [1.165, 1.54) is 4.40 Å². The van der Waals surface area contributed by atoms with Crippen LogP contribution in [-0.4, -0.2) is 30.3 Å². The van der Waals surface area contributed by atoms with E-state index in [2.05, 4.69) is 33.7 Å². The zero-order valence-corrected chi connectivity index (χ0v) is 15.8. The van der Waals surface area contributed by atoms with E-state index < -0.39 is 0 Å². The van der Waals surface area contributed by atoms with Gasteiger partial charge in [0.25, 0.3) is 11.1 Å². The summed E-state index contributed by atoms with van der Waals surface area (Å²) in [6.45, 7) is 5.06. The molecular formula is C21H21N5O2. The van der Waals surface area contributed by atoms with Crippen molar-refractivity contribution in [1.29, 1.82) is 0 Å². The Labute approximate surface area is 161 Å². The molecule has 0 saturated heterocycles. The third kappa shape index (κ3) is 3.57. The zero-order chi connectivity index (χ0) is 19.7. The average molecular weight is 375 g/mol. The van der Waals surface area contributed by atoms with Crippen LogP contribution in [-0.2, 0) is 13.1 Å². The Kier molecular flexibility index (Phi) is 4.75. The zero-order valence-electron chi connectivity index (χ0n) is 15.8. The largest absolute Gasteiger partial charge is 0.309 e. The fraction of sp³-hybridized carbons (Fsp3) is 0.238. The Morgan fingerprint density at radius 2 is 1.82 bits per heavy atom. The van der Waals surface area contributed by atoms with Crippen LogP contribution in [0.25, 0.3) is 16.6 Å². The molecule has 0 atom stereocenters. The number of pyridine rings is 1. The highest BCUT2D eigenvalue weighted by Crippen LogP contribution is 2.12. The van der Waals surface area contributed by atoms with Crippen LogP contribution < -0.4 is 11.1 Å². The Morgan fingerprint density at radius 1 is 1.04 bits per heavy atom. The molecule has 142 valence electrons. The number of para-hydroxylation sites is 1. The van der Waals surface area contributed by atoms with E-state index in [4.69, 9.17) is 0 Å². The van der Waals surface area contributed by atoms with Gasteiger partial charge in [-0.05, 0) is 38.1 Å². The molecule has 1 aromatic carbocycles. The van der Waals surface area contributed by atoms with Crippen molar-refractivity contribution >= 4 is 16.6 Å². The average Bonchev–Trinajstić information content (AvgIpc) is 2.67. The standard InChI is InChI=1S/C21H21N5O2/c1-14(2)25(12-15-11-20(27)26-10-6-5-9-19(26)22-15)13-18-23-17-8-4-3-7-16(17)21(28)24-18/h3-11,14H,12-13H2,1-2H3,(H,23,24,28). The van der Waals surface area contributed by atoms with Crippen LogP contribution in [0.3, 0.4) is 0 Å². The molecule has 3 heterocycles. The van der Waals surface area contributed by atoms with E-state index >= 15 is 0 Å². The van der Waals surface area contributed by atoms with Crippen molar-refractivity contribution in [3.05, 3.63) is 87.0 Å². The van der Waals surface area contributed by atoms with Crippen molar-refractivity contribution in [3.63, 3.8) is 0 Å². The van der Waals surface area contributed by atoms with Crippen molar-refractivity contribution in [2.24, 2.45) is 0 Å². The lowest BCUT2D eigenvalue weighted by molar-refractivity contribution is 0.196. The summed E-state index contributed by atoms with van der Waals surface area (Å²) >= 11 is 0. The summed E-state index contributed by atoms with van der Waals surface area (Å²) in [5, 5.41) is 0.576. The smallest absolute Gasteiger partial charge is 0.258 e. The highest BCUT2D eigenvalue weighted by Gasteiger charge is 2.15. The quantitative estimate of drug-likeness (QED) is 0.579. The first-order chi connectivity index (χ1) is 13.5. The maximum absolute atomic E-state index is 12.3. The second kappa shape index (κ2) is 7.36. The minimum atomic E-state index is -0.147. The van der Waals surface area contributed by atoms with Gasteiger partial charge in [0.05, 0.1) is 23.1 Å². The number of nitrogens with one attached hydrogen (secondary N) is 1. The molecule has 4 rings (SSSR count). The lowest BCUT2D eigenvalue weighted by Crippen LogP contribution is -2.32. The number of aromatic nitrogens is 4. The SMILES string of the molecule is CC(C)N(Cc1cc(=O)n2ccccc2n1)Cc1nc2ccccc2c(=O)[nH]1. The van der Waals surface area contributed by atoms with Crippen LogP contribution in [0.2, 0.25) is 0 Å². The van der Waals surface area contributed by atoms with Gasteiger partial charge >= 0.3 is 0 Å². The molecule has 7 nitrogen and oxygen atoms in total. The molecule has 0 aliphatic carbocycles. The molecule has 0 aliphatic heterocycles. The maximum atomic E-state index is 12.3. The van der Waals surface area contributed by atoms with Gasteiger partial charge < -0.3 is 4.98 Å². The van der Waals surface area contributed by atoms with E-state index in [0.717, 1.165) is 0 Å². The van der Waals surface area contributed by atoms with Gasteiger partial charge in [-0.2, -0.15) is 0 Å². The van der Waals surface area contributed by atoms with Gasteiger partial charge in [0.15, 0.2) is 0 Å². The van der Waals surface area contributed by atoms with Crippen LogP contribution in [0, 0.1) is 0 Å². The van der Waals surface area contributed by atoms with E-state index in [0.29, 0.717) is 41.2 Å². The predicted octanol–water partition coefficient (Wildman–Crippen LogP) is 2.34. The molecule has 28 heavy (non-hydrogen) atoms. The lowest BCUT2D eigenvalue weighted by atomic mass is 10.2. The fourth-order valence-electron chi connectivity index (χ4n) is 3.22. The number of rotatable bonds is 5. The second-order valence-electron chi connectivity index (χ2n) is 7.04. The number of hydrogen-bond donors (Lipinski definition) is 1. The molecule has 3 aromatic heterocycles. The van der Waals surface area contributed by atoms with Crippen LogP contribution in [0.15, 0.2) is 64.3 Å². The third-order valence-electron chi connectivity index (χ3n) is 4.73. The highest BCUT2D eigenvalue weighted by molar-refractivity contribution is 5.77. The Bertz CT molecular complexity index is 1160. The van der Waals surface area contributed by atoms with Crippen LogP contribution in [0.1, 0.15) is 25.4 Å². The van der Waals surface area contributed by atoms with Gasteiger partial charge in [0.1, 0.15) is 11.5 Å². The summed E-state index contributed by atoms with van der Waals surface area (Å²) < 4.78 is 1.52. The van der Waals surface area contributed by atoms with E-state index in [1.54, 1.807) is 24.4 Å². The number of H-pyrrole nitrogens is 1.